The van der Waals surface area contributed by atoms with Gasteiger partial charge in [0.15, 0.2) is 0 Å². The molecule has 0 spiro atoms. The van der Waals surface area contributed by atoms with Gasteiger partial charge in [-0.05, 0) is 69.6 Å². The number of phenolic OH excluding ortho intramolecular Hbond substituents is 1. The molecule has 0 aliphatic carbocycles. The lowest BCUT2D eigenvalue weighted by atomic mass is 9.78. The zero-order valence-corrected chi connectivity index (χ0v) is 15.2. The summed E-state index contributed by atoms with van der Waals surface area (Å²) in [6.45, 7) is 7.23. The fourth-order valence-electron chi connectivity index (χ4n) is 2.57. The van der Waals surface area contributed by atoms with E-state index in [9.17, 15) is 13.9 Å². The molecule has 1 N–H and O–H groups in total. The Labute approximate surface area is 151 Å². The van der Waals surface area contributed by atoms with Gasteiger partial charge in [0.25, 0.3) is 0 Å². The van der Waals surface area contributed by atoms with Crippen molar-refractivity contribution < 1.29 is 27.9 Å². The minimum atomic E-state index is -0.837. The second kappa shape index (κ2) is 6.56. The van der Waals surface area contributed by atoms with Gasteiger partial charge in [-0.1, -0.05) is 0 Å². The Morgan fingerprint density at radius 1 is 0.962 bits per heavy atom. The predicted octanol–water partition coefficient (Wildman–Crippen LogP) is 3.55. The first-order valence-electron chi connectivity index (χ1n) is 8.34. The maximum absolute atomic E-state index is 14.4. The van der Waals surface area contributed by atoms with Gasteiger partial charge in [0.1, 0.15) is 29.7 Å². The summed E-state index contributed by atoms with van der Waals surface area (Å²) in [6, 6.07) is 8.32. The molecule has 0 amide bonds. The second-order valence-electron chi connectivity index (χ2n) is 7.33. The SMILES string of the molecule is CC1(C)OB(c2cc(F)c(COc3ccc(O)cc3)c(F)c2)OC1(C)C. The molecule has 2 aromatic rings. The first-order valence-corrected chi connectivity index (χ1v) is 8.34. The molecular weight excluding hydrogens is 341 g/mol. The first-order chi connectivity index (χ1) is 12.1. The fraction of sp³-hybridized carbons (Fsp3) is 0.368. The number of rotatable bonds is 4. The van der Waals surface area contributed by atoms with Gasteiger partial charge in [-0.2, -0.15) is 0 Å². The van der Waals surface area contributed by atoms with Crippen molar-refractivity contribution in [2.24, 2.45) is 0 Å². The highest BCUT2D eigenvalue weighted by atomic mass is 19.1. The molecule has 1 aliphatic rings. The van der Waals surface area contributed by atoms with Gasteiger partial charge in [0.2, 0.25) is 0 Å². The van der Waals surface area contributed by atoms with Crippen LogP contribution in [-0.2, 0) is 15.9 Å². The summed E-state index contributed by atoms with van der Waals surface area (Å²) >= 11 is 0. The van der Waals surface area contributed by atoms with Gasteiger partial charge in [-0.3, -0.25) is 0 Å². The van der Waals surface area contributed by atoms with Crippen molar-refractivity contribution in [2.75, 3.05) is 0 Å². The average Bonchev–Trinajstić information content (AvgIpc) is 2.76. The quantitative estimate of drug-likeness (QED) is 0.846. The van der Waals surface area contributed by atoms with E-state index in [1.807, 2.05) is 27.7 Å². The monoisotopic (exact) mass is 362 g/mol. The molecule has 26 heavy (non-hydrogen) atoms. The highest BCUT2D eigenvalue weighted by molar-refractivity contribution is 6.62. The minimum Gasteiger partial charge on any atom is -0.508 e. The highest BCUT2D eigenvalue weighted by Gasteiger charge is 2.51. The molecule has 3 rings (SSSR count). The predicted molar refractivity (Wildman–Crippen MR) is 94.5 cm³/mol. The molecule has 1 fully saturated rings. The Balaban J connectivity index is 1.77. The zero-order valence-electron chi connectivity index (χ0n) is 15.2. The third-order valence-electron chi connectivity index (χ3n) is 4.91. The molecule has 0 unspecified atom stereocenters. The molecule has 4 nitrogen and oxygen atoms in total. The van der Waals surface area contributed by atoms with Crippen LogP contribution in [0.4, 0.5) is 8.78 Å². The number of hydrogen-bond donors (Lipinski definition) is 1. The lowest BCUT2D eigenvalue weighted by Crippen LogP contribution is -2.41. The maximum atomic E-state index is 14.4. The van der Waals surface area contributed by atoms with Crippen molar-refractivity contribution in [1.82, 2.24) is 0 Å². The number of benzene rings is 2. The van der Waals surface area contributed by atoms with Crippen molar-refractivity contribution in [2.45, 2.75) is 45.5 Å². The summed E-state index contributed by atoms with van der Waals surface area (Å²) in [6.07, 6.45) is 0. The van der Waals surface area contributed by atoms with Crippen LogP contribution in [0.5, 0.6) is 11.5 Å². The molecule has 138 valence electrons. The number of hydrogen-bond acceptors (Lipinski definition) is 4. The smallest absolute Gasteiger partial charge is 0.495 e. The van der Waals surface area contributed by atoms with Crippen LogP contribution < -0.4 is 10.2 Å². The van der Waals surface area contributed by atoms with Crippen LogP contribution >= 0.6 is 0 Å². The Hall–Kier alpha value is -2.12. The van der Waals surface area contributed by atoms with Gasteiger partial charge in [-0.25, -0.2) is 8.78 Å². The summed E-state index contributed by atoms with van der Waals surface area (Å²) in [4.78, 5) is 0. The molecule has 7 heteroatoms. The number of ether oxygens (including phenoxy) is 1. The van der Waals surface area contributed by atoms with E-state index in [0.29, 0.717) is 5.75 Å². The van der Waals surface area contributed by atoms with E-state index in [-0.39, 0.29) is 23.4 Å². The summed E-state index contributed by atoms with van der Waals surface area (Å²) in [5.41, 5.74) is -1.08. The van der Waals surface area contributed by atoms with Crippen molar-refractivity contribution in [3.8, 4) is 11.5 Å². The molecule has 0 aromatic heterocycles. The molecule has 1 saturated heterocycles. The van der Waals surface area contributed by atoms with E-state index in [2.05, 4.69) is 0 Å². The fourth-order valence-corrected chi connectivity index (χ4v) is 2.57. The van der Waals surface area contributed by atoms with E-state index in [4.69, 9.17) is 14.0 Å². The maximum Gasteiger partial charge on any atom is 0.495 e. The van der Waals surface area contributed by atoms with Crippen molar-refractivity contribution >= 4 is 12.6 Å². The number of phenols is 1. The van der Waals surface area contributed by atoms with Crippen LogP contribution in [-0.4, -0.2) is 23.4 Å². The topological polar surface area (TPSA) is 47.9 Å². The molecular formula is C19H21BF2O4. The number of aromatic hydroxyl groups is 1. The molecule has 1 heterocycles. The highest BCUT2D eigenvalue weighted by Crippen LogP contribution is 2.36. The summed E-state index contributed by atoms with van der Waals surface area (Å²) in [5.74, 6) is -0.972. The molecule has 0 saturated carbocycles. The summed E-state index contributed by atoms with van der Waals surface area (Å²) in [5, 5.41) is 9.24. The molecule has 0 bridgehead atoms. The first kappa shape index (κ1) is 18.7. The van der Waals surface area contributed by atoms with Gasteiger partial charge < -0.3 is 19.2 Å². The standard InChI is InChI=1S/C19H21BF2O4/c1-18(2)19(3,4)26-20(25-18)12-9-16(21)15(17(22)10-12)11-24-14-7-5-13(23)6-8-14/h5-10,23H,11H2,1-4H3. The van der Waals surface area contributed by atoms with Gasteiger partial charge >= 0.3 is 7.12 Å². The second-order valence-corrected chi connectivity index (χ2v) is 7.33. The third-order valence-corrected chi connectivity index (χ3v) is 4.91. The van der Waals surface area contributed by atoms with E-state index in [1.165, 1.54) is 36.4 Å². The van der Waals surface area contributed by atoms with E-state index in [0.717, 1.165) is 0 Å². The lowest BCUT2D eigenvalue weighted by molar-refractivity contribution is 0.00578. The normalized spacial score (nSPS) is 18.2. The molecule has 0 atom stereocenters. The summed E-state index contributed by atoms with van der Waals surface area (Å²) < 4.78 is 45.9. The third kappa shape index (κ3) is 3.55. The van der Waals surface area contributed by atoms with Crippen molar-refractivity contribution in [1.29, 1.82) is 0 Å². The lowest BCUT2D eigenvalue weighted by Gasteiger charge is -2.32. The van der Waals surface area contributed by atoms with Crippen LogP contribution in [0, 0.1) is 11.6 Å². The Bertz CT molecular complexity index is 767. The number of halogens is 2. The van der Waals surface area contributed by atoms with Crippen LogP contribution in [0.3, 0.4) is 0 Å². The Morgan fingerprint density at radius 3 is 1.96 bits per heavy atom. The molecule has 1 aliphatic heterocycles. The van der Waals surface area contributed by atoms with Crippen LogP contribution in [0.1, 0.15) is 33.3 Å². The van der Waals surface area contributed by atoms with Crippen LogP contribution in [0.25, 0.3) is 0 Å². The average molecular weight is 362 g/mol. The van der Waals surface area contributed by atoms with Gasteiger partial charge in [-0.15, -0.1) is 0 Å². The zero-order chi connectivity index (χ0) is 19.1. The summed E-state index contributed by atoms with van der Waals surface area (Å²) in [7, 11) is -0.837. The van der Waals surface area contributed by atoms with Crippen molar-refractivity contribution in [3.05, 3.63) is 53.6 Å². The van der Waals surface area contributed by atoms with E-state index < -0.39 is 30.0 Å². The minimum absolute atomic E-state index is 0.0847. The Kier molecular flexibility index (Phi) is 4.71. The van der Waals surface area contributed by atoms with Gasteiger partial charge in [0, 0.05) is 0 Å². The largest absolute Gasteiger partial charge is 0.508 e. The van der Waals surface area contributed by atoms with E-state index >= 15 is 0 Å². The van der Waals surface area contributed by atoms with Crippen LogP contribution in [0.2, 0.25) is 0 Å². The molecule has 2 aromatic carbocycles. The van der Waals surface area contributed by atoms with Crippen molar-refractivity contribution in [3.63, 3.8) is 0 Å². The van der Waals surface area contributed by atoms with E-state index in [1.54, 1.807) is 0 Å². The van der Waals surface area contributed by atoms with Gasteiger partial charge in [0.05, 0.1) is 16.8 Å². The molecule has 0 radical (unpaired) electrons. The Morgan fingerprint density at radius 2 is 1.46 bits per heavy atom. The van der Waals surface area contributed by atoms with Crippen LogP contribution in [0.15, 0.2) is 36.4 Å².